The minimum absolute atomic E-state index is 0. The normalized spacial score (nSPS) is 22.6. The van der Waals surface area contributed by atoms with E-state index in [-0.39, 0.29) is 29.3 Å². The molecule has 0 radical (unpaired) electrons. The van der Waals surface area contributed by atoms with Gasteiger partial charge in [-0.1, -0.05) is 6.92 Å². The van der Waals surface area contributed by atoms with E-state index in [1.807, 2.05) is 6.92 Å². The summed E-state index contributed by atoms with van der Waals surface area (Å²) in [4.78, 5) is 11.3. The first-order valence-electron chi connectivity index (χ1n) is 6.67. The Labute approximate surface area is 134 Å². The second kappa shape index (κ2) is 6.00. The lowest BCUT2D eigenvalue weighted by Crippen LogP contribution is -2.32. The average molecular weight is 345 g/mol. The van der Waals surface area contributed by atoms with E-state index in [1.54, 1.807) is 6.07 Å². The molecular weight excluding hydrogens is 328 g/mol. The van der Waals surface area contributed by atoms with Crippen LogP contribution in [0.3, 0.4) is 0 Å². The highest BCUT2D eigenvalue weighted by atomic mass is 35.5. The third-order valence-corrected chi connectivity index (χ3v) is 5.69. The van der Waals surface area contributed by atoms with Gasteiger partial charge in [-0.25, -0.2) is 13.2 Å². The molecule has 0 saturated carbocycles. The molecule has 6 nitrogen and oxygen atoms in total. The summed E-state index contributed by atoms with van der Waals surface area (Å²) >= 11 is 0. The van der Waals surface area contributed by atoms with Crippen LogP contribution in [0.5, 0.6) is 0 Å². The standard InChI is InChI=1S/C14H16N2O4S.ClH/c1-9-7-16(8-12(9)15)21(18,19)11-3-4-13-10(6-11)2-5-14(17)20-13;/h2-6,9,12H,7-8,15H2,1H3;1H. The topological polar surface area (TPSA) is 93.6 Å². The number of sulfonamides is 1. The highest BCUT2D eigenvalue weighted by molar-refractivity contribution is 7.89. The Morgan fingerprint density at radius 1 is 1.23 bits per heavy atom. The molecule has 1 aromatic carbocycles. The first-order chi connectivity index (χ1) is 9.88. The van der Waals surface area contributed by atoms with E-state index in [1.165, 1.54) is 28.6 Å². The number of benzene rings is 1. The molecule has 1 aliphatic heterocycles. The third kappa shape index (κ3) is 2.89. The van der Waals surface area contributed by atoms with Crippen molar-refractivity contribution in [3.8, 4) is 0 Å². The molecule has 22 heavy (non-hydrogen) atoms. The van der Waals surface area contributed by atoms with Crippen LogP contribution in [0.1, 0.15) is 6.92 Å². The van der Waals surface area contributed by atoms with Crippen LogP contribution in [0.25, 0.3) is 11.0 Å². The van der Waals surface area contributed by atoms with Crippen molar-refractivity contribution in [3.05, 3.63) is 40.8 Å². The summed E-state index contributed by atoms with van der Waals surface area (Å²) in [7, 11) is -3.57. The quantitative estimate of drug-likeness (QED) is 0.826. The predicted molar refractivity (Wildman–Crippen MR) is 85.6 cm³/mol. The first-order valence-corrected chi connectivity index (χ1v) is 8.11. The lowest BCUT2D eigenvalue weighted by molar-refractivity contribution is 0.464. The molecule has 1 aromatic heterocycles. The SMILES string of the molecule is CC1CN(S(=O)(=O)c2ccc3oc(=O)ccc3c2)CC1N.Cl. The first kappa shape index (κ1) is 17.0. The number of hydrogen-bond acceptors (Lipinski definition) is 5. The second-order valence-corrected chi connectivity index (χ2v) is 7.36. The van der Waals surface area contributed by atoms with Gasteiger partial charge in [0.2, 0.25) is 10.0 Å². The molecule has 1 fully saturated rings. The van der Waals surface area contributed by atoms with Gasteiger partial charge in [0.1, 0.15) is 5.58 Å². The molecule has 2 unspecified atom stereocenters. The van der Waals surface area contributed by atoms with Crippen molar-refractivity contribution in [1.29, 1.82) is 0 Å². The molecule has 0 spiro atoms. The molecule has 1 aliphatic rings. The molecule has 2 atom stereocenters. The van der Waals surface area contributed by atoms with Crippen molar-refractivity contribution in [2.45, 2.75) is 17.9 Å². The zero-order valence-corrected chi connectivity index (χ0v) is 13.6. The molecule has 8 heteroatoms. The Morgan fingerprint density at radius 3 is 2.59 bits per heavy atom. The van der Waals surface area contributed by atoms with Gasteiger partial charge in [-0.05, 0) is 30.2 Å². The van der Waals surface area contributed by atoms with Crippen LogP contribution in [0.4, 0.5) is 0 Å². The Morgan fingerprint density at radius 2 is 1.95 bits per heavy atom. The zero-order valence-electron chi connectivity index (χ0n) is 11.9. The minimum atomic E-state index is -3.57. The van der Waals surface area contributed by atoms with E-state index < -0.39 is 15.6 Å². The van der Waals surface area contributed by atoms with Gasteiger partial charge in [0, 0.05) is 30.6 Å². The number of rotatable bonds is 2. The number of nitrogens with two attached hydrogens (primary N) is 1. The zero-order chi connectivity index (χ0) is 15.2. The van der Waals surface area contributed by atoms with E-state index in [9.17, 15) is 13.2 Å². The predicted octanol–water partition coefficient (Wildman–Crippen LogP) is 1.18. The molecule has 2 heterocycles. The summed E-state index contributed by atoms with van der Waals surface area (Å²) < 4.78 is 31.6. The van der Waals surface area contributed by atoms with Gasteiger partial charge in [-0.3, -0.25) is 0 Å². The summed E-state index contributed by atoms with van der Waals surface area (Å²) in [5, 5.41) is 0.576. The van der Waals surface area contributed by atoms with Gasteiger partial charge >= 0.3 is 5.63 Å². The Balaban J connectivity index is 0.00000176. The summed E-state index contributed by atoms with van der Waals surface area (Å²) in [6, 6.07) is 7.16. The lowest BCUT2D eigenvalue weighted by atomic mass is 10.1. The Kier molecular flexibility index (Phi) is 4.62. The number of nitrogens with zero attached hydrogens (tertiary/aromatic N) is 1. The summed E-state index contributed by atoms with van der Waals surface area (Å²) in [6.07, 6.45) is 0. The van der Waals surface area contributed by atoms with Crippen LogP contribution in [0, 0.1) is 5.92 Å². The van der Waals surface area contributed by atoms with Crippen LogP contribution in [0.2, 0.25) is 0 Å². The molecule has 120 valence electrons. The maximum absolute atomic E-state index is 12.6. The minimum Gasteiger partial charge on any atom is -0.423 e. The second-order valence-electron chi connectivity index (χ2n) is 5.42. The molecule has 0 amide bonds. The smallest absolute Gasteiger partial charge is 0.336 e. The van der Waals surface area contributed by atoms with E-state index in [2.05, 4.69) is 0 Å². The fourth-order valence-corrected chi connectivity index (χ4v) is 4.12. The number of halogens is 1. The lowest BCUT2D eigenvalue weighted by Gasteiger charge is -2.16. The summed E-state index contributed by atoms with van der Waals surface area (Å²) in [5.41, 5.74) is 5.80. The molecule has 0 bridgehead atoms. The van der Waals surface area contributed by atoms with Crippen molar-refractivity contribution in [3.63, 3.8) is 0 Å². The number of fused-ring (bicyclic) bond motifs is 1. The van der Waals surface area contributed by atoms with Crippen LogP contribution in [-0.4, -0.2) is 31.9 Å². The van der Waals surface area contributed by atoms with Crippen molar-refractivity contribution in [1.82, 2.24) is 4.31 Å². The van der Waals surface area contributed by atoms with E-state index >= 15 is 0 Å². The van der Waals surface area contributed by atoms with Gasteiger partial charge in [0.05, 0.1) is 4.90 Å². The van der Waals surface area contributed by atoms with Crippen LogP contribution >= 0.6 is 12.4 Å². The molecule has 2 aromatic rings. The van der Waals surface area contributed by atoms with Gasteiger partial charge in [0.25, 0.3) is 0 Å². The highest BCUT2D eigenvalue weighted by Crippen LogP contribution is 2.25. The van der Waals surface area contributed by atoms with Crippen LogP contribution < -0.4 is 11.4 Å². The molecule has 0 aliphatic carbocycles. The Hall–Kier alpha value is -1.41. The maximum atomic E-state index is 12.6. The summed E-state index contributed by atoms with van der Waals surface area (Å²) in [6.45, 7) is 2.69. The van der Waals surface area contributed by atoms with Gasteiger partial charge in [-0.15, -0.1) is 12.4 Å². The van der Waals surface area contributed by atoms with E-state index in [0.717, 1.165) is 0 Å². The van der Waals surface area contributed by atoms with Crippen LogP contribution in [0.15, 0.2) is 44.4 Å². The molecule has 1 saturated heterocycles. The van der Waals surface area contributed by atoms with Crippen LogP contribution in [-0.2, 0) is 10.0 Å². The van der Waals surface area contributed by atoms with Crippen molar-refractivity contribution in [2.24, 2.45) is 11.7 Å². The Bertz CT molecular complexity index is 839. The number of hydrogen-bond donors (Lipinski definition) is 1. The maximum Gasteiger partial charge on any atom is 0.336 e. The van der Waals surface area contributed by atoms with Crippen molar-refractivity contribution < 1.29 is 12.8 Å². The highest BCUT2D eigenvalue weighted by Gasteiger charge is 2.35. The molecule has 3 rings (SSSR count). The van der Waals surface area contributed by atoms with Crippen molar-refractivity contribution in [2.75, 3.05) is 13.1 Å². The average Bonchev–Trinajstić information content (AvgIpc) is 2.78. The van der Waals surface area contributed by atoms with E-state index in [0.29, 0.717) is 24.1 Å². The molecule has 2 N–H and O–H groups in total. The fourth-order valence-electron chi connectivity index (χ4n) is 2.50. The van der Waals surface area contributed by atoms with Gasteiger partial charge in [-0.2, -0.15) is 4.31 Å². The monoisotopic (exact) mass is 344 g/mol. The van der Waals surface area contributed by atoms with Gasteiger partial charge < -0.3 is 10.2 Å². The fraction of sp³-hybridized carbons (Fsp3) is 0.357. The largest absolute Gasteiger partial charge is 0.423 e. The summed E-state index contributed by atoms with van der Waals surface area (Å²) in [5.74, 6) is 0.137. The van der Waals surface area contributed by atoms with Gasteiger partial charge in [0.15, 0.2) is 0 Å². The van der Waals surface area contributed by atoms with E-state index in [4.69, 9.17) is 10.2 Å². The third-order valence-electron chi connectivity index (χ3n) is 3.87. The molecular formula is C14H17ClN2O4S. The van der Waals surface area contributed by atoms with Crippen molar-refractivity contribution >= 4 is 33.4 Å².